The van der Waals surface area contributed by atoms with Crippen molar-refractivity contribution < 1.29 is 13.3 Å². The highest BCUT2D eigenvalue weighted by molar-refractivity contribution is 6.30. The molecule has 0 radical (unpaired) electrons. The van der Waals surface area contributed by atoms with E-state index in [1.807, 2.05) is 115 Å². The van der Waals surface area contributed by atoms with Crippen LogP contribution in [0.2, 0.25) is 0 Å². The van der Waals surface area contributed by atoms with E-state index in [0.29, 0.717) is 34.9 Å². The van der Waals surface area contributed by atoms with E-state index in [1.54, 1.807) is 0 Å². The molecule has 11 heteroatoms. The first kappa shape index (κ1) is 68.9. The average molecular weight is 1550 g/mol. The Kier molecular flexibility index (Phi) is 16.0. The molecule has 0 saturated heterocycles. The van der Waals surface area contributed by atoms with Gasteiger partial charge in [0, 0.05) is 115 Å². The van der Waals surface area contributed by atoms with Gasteiger partial charge in [-0.05, 0) is 104 Å². The monoisotopic (exact) mass is 1540 g/mol. The smallest absolute Gasteiger partial charge is 0.167 e. The fourth-order valence-corrected chi connectivity index (χ4v) is 18.1. The second-order valence-electron chi connectivity index (χ2n) is 30.6. The van der Waals surface area contributed by atoms with Crippen molar-refractivity contribution in [1.82, 2.24) is 39.9 Å². The van der Waals surface area contributed by atoms with Crippen LogP contribution in [0.5, 0.6) is 0 Å². The van der Waals surface area contributed by atoms with Crippen LogP contribution in [0.25, 0.3) is 255 Å². The maximum atomic E-state index is 6.66. The van der Waals surface area contributed by atoms with E-state index in [1.165, 1.54) is 32.3 Å². The second-order valence-corrected chi connectivity index (χ2v) is 30.6. The third kappa shape index (κ3) is 11.6. The van der Waals surface area contributed by atoms with E-state index in [4.69, 9.17) is 53.1 Å². The number of hydrogen-bond acceptors (Lipinski definition) is 11. The molecule has 18 aromatic carbocycles. The Labute approximate surface area is 691 Å². The first-order valence-electron chi connectivity index (χ1n) is 40.5. The van der Waals surface area contributed by atoms with E-state index >= 15 is 0 Å². The Morgan fingerprint density at radius 3 is 0.992 bits per heavy atom. The van der Waals surface area contributed by atoms with Gasteiger partial charge in [0.05, 0.1) is 28.0 Å². The van der Waals surface area contributed by atoms with Gasteiger partial charge in [-0.15, -0.1) is 0 Å². The van der Waals surface area contributed by atoms with Crippen LogP contribution in [0.15, 0.2) is 401 Å². The minimum Gasteiger partial charge on any atom is -0.456 e. The zero-order valence-electron chi connectivity index (χ0n) is 64.8. The van der Waals surface area contributed by atoms with E-state index in [2.05, 4.69) is 273 Å². The molecule has 0 atom stereocenters. The molecule has 7 aromatic heterocycles. The first-order chi connectivity index (χ1) is 60.0. The van der Waals surface area contributed by atoms with Crippen molar-refractivity contribution in [1.29, 1.82) is 0 Å². The van der Waals surface area contributed by atoms with Gasteiger partial charge in [-0.2, -0.15) is 0 Å². The van der Waals surface area contributed by atoms with Gasteiger partial charge in [0.25, 0.3) is 0 Å². The quantitative estimate of drug-likeness (QED) is 0.121. The Balaban J connectivity index is 0.000000138. The minimum atomic E-state index is 0.539. The lowest BCUT2D eigenvalue weighted by Gasteiger charge is -2.16. The number of nitrogens with zero attached hydrogens (tertiary/aromatic N) is 8. The zero-order chi connectivity index (χ0) is 79.6. The fraction of sp³-hybridized carbons (Fsp3) is 0. The third-order valence-electron chi connectivity index (χ3n) is 23.6. The van der Waals surface area contributed by atoms with Crippen LogP contribution >= 0.6 is 0 Å². The standard InChI is InChI=1S/C58H34N4O.C52H30N4O2/c1-3-15-36(16-4-1)55-48-34-51-54(46-24-12-14-26-50(46)63-51)52(53(48)45-23-11-13-25-49(45)59-55)35-27-29-38(30-28-35)57-60-56(37-17-5-2-6-18-37)61-58(62-57)39-31-32-44-42-21-8-7-19-40(42)41-20-9-10-22-43(41)47(44)33-39;1-3-15-31(16-4-1)48-40-30-44-47(38-23-9-12-28-43(38)57-44)45(46(40)37-22-7-10-26-41(37)53-48)33-19-13-20-34(29-33)51-54-50(32-17-5-2-6-18-32)55-52(56-51)39-25-14-24-36-35-21-8-11-27-42(35)58-49(36)39/h1-34H;1-30H. The van der Waals surface area contributed by atoms with Gasteiger partial charge < -0.3 is 13.3 Å². The van der Waals surface area contributed by atoms with Gasteiger partial charge in [0.1, 0.15) is 33.5 Å². The summed E-state index contributed by atoms with van der Waals surface area (Å²) >= 11 is 0. The van der Waals surface area contributed by atoms with E-state index in [9.17, 15) is 0 Å². The van der Waals surface area contributed by atoms with Crippen molar-refractivity contribution >= 4 is 141 Å². The molecule has 562 valence electrons. The molecule has 0 unspecified atom stereocenters. The summed E-state index contributed by atoms with van der Waals surface area (Å²) in [6.45, 7) is 0. The first-order valence-corrected chi connectivity index (χ1v) is 40.5. The van der Waals surface area contributed by atoms with Crippen LogP contribution in [0.1, 0.15) is 0 Å². The number of rotatable bonds is 10. The summed E-state index contributed by atoms with van der Waals surface area (Å²) in [5.74, 6) is 3.52. The molecule has 25 rings (SSSR count). The lowest BCUT2D eigenvalue weighted by atomic mass is 9.89. The van der Waals surface area contributed by atoms with Crippen LogP contribution in [-0.4, -0.2) is 39.9 Å². The Hall–Kier alpha value is -16.5. The van der Waals surface area contributed by atoms with Gasteiger partial charge in [-0.1, -0.05) is 328 Å². The topological polar surface area (TPSA) is 143 Å². The van der Waals surface area contributed by atoms with Gasteiger partial charge in [-0.3, -0.25) is 0 Å². The van der Waals surface area contributed by atoms with Crippen molar-refractivity contribution in [3.8, 4) is 113 Å². The molecule has 0 N–H and O–H groups in total. The molecule has 0 aliphatic rings. The molecule has 0 saturated carbocycles. The molecular weight excluding hydrogens is 1480 g/mol. The molecule has 0 amide bonds. The Bertz CT molecular complexity index is 8490. The average Bonchev–Trinajstić information content (AvgIpc) is 1.69. The van der Waals surface area contributed by atoms with Crippen LogP contribution in [0.3, 0.4) is 0 Å². The van der Waals surface area contributed by atoms with Crippen molar-refractivity contribution in [3.63, 3.8) is 0 Å². The normalized spacial score (nSPS) is 11.8. The molecule has 0 fully saturated rings. The summed E-state index contributed by atoms with van der Waals surface area (Å²) < 4.78 is 19.8. The molecule has 7 heterocycles. The highest BCUT2D eigenvalue weighted by atomic mass is 16.3. The predicted molar refractivity (Wildman–Crippen MR) is 494 cm³/mol. The number of aromatic nitrogens is 8. The summed E-state index contributed by atoms with van der Waals surface area (Å²) in [6, 6.07) is 134. The number of benzene rings is 18. The van der Waals surface area contributed by atoms with E-state index in [-0.39, 0.29) is 0 Å². The third-order valence-corrected chi connectivity index (χ3v) is 23.6. The van der Waals surface area contributed by atoms with Crippen molar-refractivity contribution in [3.05, 3.63) is 388 Å². The highest BCUT2D eigenvalue weighted by Crippen LogP contribution is 2.50. The Morgan fingerprint density at radius 2 is 0.488 bits per heavy atom. The number of furan rings is 3. The maximum Gasteiger partial charge on any atom is 0.167 e. The zero-order valence-corrected chi connectivity index (χ0v) is 64.8. The SMILES string of the molecule is c1ccc(-c2nc(-c3ccc(-c4c5c(cc6c(-c7ccccc7)nc7ccccc7c46)oc4ccccc45)cc3)nc(-c3ccc4c5ccccc5c5ccccc5c4c3)n2)cc1.c1ccc(-c2nc(-c3cccc(-c4c5c(cc6c(-c7ccccc7)nc7ccccc7c46)oc4ccccc45)c3)nc(-c3cccc4c3oc3ccccc34)n2)cc1. The van der Waals surface area contributed by atoms with Gasteiger partial charge in [-0.25, -0.2) is 39.9 Å². The van der Waals surface area contributed by atoms with E-state index in [0.717, 1.165) is 187 Å². The van der Waals surface area contributed by atoms with Gasteiger partial charge in [0.15, 0.2) is 34.9 Å². The molecule has 0 aliphatic carbocycles. The summed E-state index contributed by atoms with van der Waals surface area (Å²) in [6.07, 6.45) is 0. The fourth-order valence-electron chi connectivity index (χ4n) is 18.1. The van der Waals surface area contributed by atoms with Crippen LogP contribution < -0.4 is 0 Å². The lowest BCUT2D eigenvalue weighted by Crippen LogP contribution is -2.00. The number of hydrogen-bond donors (Lipinski definition) is 0. The molecule has 121 heavy (non-hydrogen) atoms. The summed E-state index contributed by atoms with van der Waals surface area (Å²) in [5, 5.41) is 20.0. The van der Waals surface area contributed by atoms with Crippen molar-refractivity contribution in [2.45, 2.75) is 0 Å². The van der Waals surface area contributed by atoms with Crippen LogP contribution in [0, 0.1) is 0 Å². The number of para-hydroxylation sites is 6. The summed E-state index contributed by atoms with van der Waals surface area (Å²) in [4.78, 5) is 41.5. The summed E-state index contributed by atoms with van der Waals surface area (Å²) in [5.41, 5.74) is 20.2. The van der Waals surface area contributed by atoms with Gasteiger partial charge >= 0.3 is 0 Å². The Morgan fingerprint density at radius 1 is 0.157 bits per heavy atom. The van der Waals surface area contributed by atoms with Crippen molar-refractivity contribution in [2.75, 3.05) is 0 Å². The molecule has 0 bridgehead atoms. The minimum absolute atomic E-state index is 0.539. The predicted octanol–water partition coefficient (Wildman–Crippen LogP) is 29.0. The van der Waals surface area contributed by atoms with Crippen molar-refractivity contribution in [2.24, 2.45) is 0 Å². The van der Waals surface area contributed by atoms with Crippen LogP contribution in [0.4, 0.5) is 0 Å². The summed E-state index contributed by atoms with van der Waals surface area (Å²) in [7, 11) is 0. The number of pyridine rings is 2. The second kappa shape index (κ2) is 28.2. The highest BCUT2D eigenvalue weighted by Gasteiger charge is 2.27. The lowest BCUT2D eigenvalue weighted by molar-refractivity contribution is 0.669. The molecule has 11 nitrogen and oxygen atoms in total. The van der Waals surface area contributed by atoms with E-state index < -0.39 is 0 Å². The van der Waals surface area contributed by atoms with Gasteiger partial charge in [0.2, 0.25) is 0 Å². The number of fused-ring (bicyclic) bond motifs is 21. The molecular formula is C110H64N8O3. The largest absolute Gasteiger partial charge is 0.456 e. The molecule has 25 aromatic rings. The van der Waals surface area contributed by atoms with Crippen LogP contribution in [-0.2, 0) is 0 Å². The maximum absolute atomic E-state index is 6.66. The molecule has 0 aliphatic heterocycles. The molecule has 0 spiro atoms.